The maximum atomic E-state index is 12.2. The maximum absolute atomic E-state index is 12.2. The topological polar surface area (TPSA) is 87.9 Å². The van der Waals surface area contributed by atoms with Crippen molar-refractivity contribution < 1.29 is 14.3 Å². The number of rotatable bonds is 5. The molecule has 3 fully saturated rings. The number of nitrogens with two attached hydrogens (primary N) is 1. The fourth-order valence-corrected chi connectivity index (χ4v) is 3.75. The Bertz CT molecular complexity index is 449. The molecule has 3 N–H and O–H groups in total. The van der Waals surface area contributed by atoms with Gasteiger partial charge < -0.3 is 20.7 Å². The lowest BCUT2D eigenvalue weighted by Gasteiger charge is -2.28. The first-order valence-electron chi connectivity index (χ1n) is 8.75. The first-order valence-corrected chi connectivity index (χ1v) is 8.75. The Morgan fingerprint density at radius 2 is 1.92 bits per heavy atom. The van der Waals surface area contributed by atoms with E-state index in [1.165, 1.54) is 0 Å². The van der Waals surface area contributed by atoms with Crippen LogP contribution in [-0.2, 0) is 14.3 Å². The van der Waals surface area contributed by atoms with Crippen molar-refractivity contribution in [3.05, 3.63) is 0 Å². The van der Waals surface area contributed by atoms with Gasteiger partial charge in [-0.05, 0) is 19.3 Å². The van der Waals surface area contributed by atoms with Crippen LogP contribution in [0.15, 0.2) is 0 Å². The highest BCUT2D eigenvalue weighted by Gasteiger charge is 2.34. The fraction of sp³-hybridized carbons (Fsp3) is 0.875. The minimum Gasteiger partial charge on any atom is -0.379 e. The predicted octanol–water partition coefficient (Wildman–Crippen LogP) is 0.00670. The van der Waals surface area contributed by atoms with E-state index in [2.05, 4.69) is 10.2 Å². The van der Waals surface area contributed by atoms with Crippen LogP contribution in [0.2, 0.25) is 0 Å². The average Bonchev–Trinajstić information content (AvgIpc) is 3.12. The molecule has 3 aliphatic rings. The molecule has 0 aromatic heterocycles. The van der Waals surface area contributed by atoms with Crippen molar-refractivity contribution in [3.8, 4) is 0 Å². The van der Waals surface area contributed by atoms with Gasteiger partial charge in [-0.3, -0.25) is 14.5 Å². The predicted molar refractivity (Wildman–Crippen MR) is 100 cm³/mol. The number of likely N-dealkylation sites (tertiary alicyclic amines) is 1. The monoisotopic (exact) mass is 396 g/mol. The van der Waals surface area contributed by atoms with Gasteiger partial charge in [0.15, 0.2) is 0 Å². The van der Waals surface area contributed by atoms with Gasteiger partial charge in [-0.25, -0.2) is 0 Å². The molecule has 1 saturated carbocycles. The second-order valence-corrected chi connectivity index (χ2v) is 6.97. The van der Waals surface area contributed by atoms with E-state index in [-0.39, 0.29) is 54.6 Å². The highest BCUT2D eigenvalue weighted by Crippen LogP contribution is 2.24. The fourth-order valence-electron chi connectivity index (χ4n) is 3.75. The van der Waals surface area contributed by atoms with Crippen molar-refractivity contribution in [2.45, 2.75) is 37.8 Å². The number of carbonyl (C=O) groups excluding carboxylic acids is 2. The summed E-state index contributed by atoms with van der Waals surface area (Å²) in [7, 11) is 0. The molecule has 0 aromatic rings. The van der Waals surface area contributed by atoms with Gasteiger partial charge in [0.25, 0.3) is 0 Å². The normalized spacial score (nSPS) is 29.9. The summed E-state index contributed by atoms with van der Waals surface area (Å²) in [6, 6.07) is 0.109. The maximum Gasteiger partial charge on any atom is 0.224 e. The summed E-state index contributed by atoms with van der Waals surface area (Å²) in [5.74, 6) is 0.250. The molecule has 3 unspecified atom stereocenters. The molecular weight excluding hydrogens is 367 g/mol. The molecule has 146 valence electrons. The van der Waals surface area contributed by atoms with Crippen LogP contribution in [0.4, 0.5) is 0 Å². The molecule has 1 aliphatic carbocycles. The Kier molecular flexibility index (Phi) is 9.45. The van der Waals surface area contributed by atoms with Crippen molar-refractivity contribution >= 4 is 36.6 Å². The third-order valence-corrected chi connectivity index (χ3v) is 5.19. The molecule has 0 aromatic carbocycles. The van der Waals surface area contributed by atoms with Gasteiger partial charge in [-0.15, -0.1) is 24.8 Å². The molecule has 2 aliphatic heterocycles. The summed E-state index contributed by atoms with van der Waals surface area (Å²) < 4.78 is 5.33. The van der Waals surface area contributed by atoms with Crippen LogP contribution in [0.5, 0.6) is 0 Å². The lowest BCUT2D eigenvalue weighted by Crippen LogP contribution is -2.43. The Balaban J connectivity index is 0.00000156. The molecule has 3 rings (SSSR count). The molecule has 9 heteroatoms. The molecule has 0 radical (unpaired) electrons. The molecule has 25 heavy (non-hydrogen) atoms. The van der Waals surface area contributed by atoms with Crippen molar-refractivity contribution in [1.29, 1.82) is 0 Å². The summed E-state index contributed by atoms with van der Waals surface area (Å²) in [5.41, 5.74) is 5.87. The molecule has 3 atom stereocenters. The lowest BCUT2D eigenvalue weighted by atomic mass is 10.1. The van der Waals surface area contributed by atoms with Crippen molar-refractivity contribution in [2.75, 3.05) is 45.9 Å². The Morgan fingerprint density at radius 3 is 2.56 bits per heavy atom. The van der Waals surface area contributed by atoms with Crippen LogP contribution < -0.4 is 11.1 Å². The van der Waals surface area contributed by atoms with Gasteiger partial charge in [-0.2, -0.15) is 0 Å². The van der Waals surface area contributed by atoms with Crippen LogP contribution in [0, 0.1) is 5.92 Å². The van der Waals surface area contributed by atoms with Gasteiger partial charge in [0.05, 0.1) is 19.3 Å². The number of halogens is 2. The summed E-state index contributed by atoms with van der Waals surface area (Å²) in [6.45, 7) is 5.67. The van der Waals surface area contributed by atoms with Crippen LogP contribution in [0.3, 0.4) is 0 Å². The van der Waals surface area contributed by atoms with E-state index in [9.17, 15) is 9.59 Å². The zero-order valence-corrected chi connectivity index (χ0v) is 16.2. The van der Waals surface area contributed by atoms with Crippen LogP contribution in [-0.4, -0.2) is 79.6 Å². The number of nitrogens with one attached hydrogen (secondary N) is 1. The van der Waals surface area contributed by atoms with E-state index in [0.717, 1.165) is 58.7 Å². The SMILES string of the molecule is Cl.Cl.NC1CCC(C(=O)NC2CC(=O)N(CCN3CCOCC3)C2)C1. The molecule has 2 amide bonds. The molecular formula is C16H30Cl2N4O3. The minimum absolute atomic E-state index is 0. The number of nitrogens with zero attached hydrogens (tertiary/aromatic N) is 2. The zero-order valence-electron chi connectivity index (χ0n) is 14.5. The first-order chi connectivity index (χ1) is 11.1. The van der Waals surface area contributed by atoms with Gasteiger partial charge in [0.2, 0.25) is 11.8 Å². The van der Waals surface area contributed by atoms with Gasteiger partial charge in [0, 0.05) is 51.1 Å². The van der Waals surface area contributed by atoms with Crippen LogP contribution in [0.25, 0.3) is 0 Å². The van der Waals surface area contributed by atoms with Crippen molar-refractivity contribution in [2.24, 2.45) is 11.7 Å². The summed E-state index contributed by atoms with van der Waals surface area (Å²) in [4.78, 5) is 28.6. The minimum atomic E-state index is -0.0449. The van der Waals surface area contributed by atoms with Gasteiger partial charge in [-0.1, -0.05) is 0 Å². The second-order valence-electron chi connectivity index (χ2n) is 6.97. The highest BCUT2D eigenvalue weighted by atomic mass is 35.5. The largest absolute Gasteiger partial charge is 0.379 e. The first kappa shape index (κ1) is 22.4. The quantitative estimate of drug-likeness (QED) is 0.682. The average molecular weight is 397 g/mol. The van der Waals surface area contributed by atoms with E-state index in [0.29, 0.717) is 13.0 Å². The van der Waals surface area contributed by atoms with Crippen LogP contribution >= 0.6 is 24.8 Å². The number of hydrogen-bond acceptors (Lipinski definition) is 5. The third-order valence-electron chi connectivity index (χ3n) is 5.19. The van der Waals surface area contributed by atoms with Gasteiger partial charge >= 0.3 is 0 Å². The van der Waals surface area contributed by atoms with Crippen molar-refractivity contribution in [3.63, 3.8) is 0 Å². The Hall–Kier alpha value is -0.600. The van der Waals surface area contributed by atoms with E-state index in [4.69, 9.17) is 10.5 Å². The molecule has 2 saturated heterocycles. The standard InChI is InChI=1S/C16H28N4O3.2ClH/c17-13-2-1-12(9-13)16(22)18-14-10-15(21)20(11-14)4-3-19-5-7-23-8-6-19;;/h12-14H,1-11,17H2,(H,18,22);2*1H. The zero-order chi connectivity index (χ0) is 16.2. The third kappa shape index (κ3) is 6.25. The molecule has 2 heterocycles. The molecule has 7 nitrogen and oxygen atoms in total. The van der Waals surface area contributed by atoms with E-state index >= 15 is 0 Å². The molecule has 0 spiro atoms. The molecule has 0 bridgehead atoms. The van der Waals surface area contributed by atoms with E-state index in [1.807, 2.05) is 4.90 Å². The number of morpholine rings is 1. The Labute approximate surface area is 161 Å². The number of ether oxygens (including phenoxy) is 1. The Morgan fingerprint density at radius 1 is 1.20 bits per heavy atom. The smallest absolute Gasteiger partial charge is 0.224 e. The van der Waals surface area contributed by atoms with Crippen LogP contribution in [0.1, 0.15) is 25.7 Å². The van der Waals surface area contributed by atoms with Gasteiger partial charge in [0.1, 0.15) is 0 Å². The highest BCUT2D eigenvalue weighted by molar-refractivity contribution is 5.85. The van der Waals surface area contributed by atoms with E-state index in [1.54, 1.807) is 0 Å². The summed E-state index contributed by atoms with van der Waals surface area (Å²) in [5, 5.41) is 3.05. The van der Waals surface area contributed by atoms with Crippen molar-refractivity contribution in [1.82, 2.24) is 15.1 Å². The summed E-state index contributed by atoms with van der Waals surface area (Å²) >= 11 is 0. The lowest BCUT2D eigenvalue weighted by molar-refractivity contribution is -0.128. The number of hydrogen-bond donors (Lipinski definition) is 2. The number of amides is 2. The summed E-state index contributed by atoms with van der Waals surface area (Å²) in [6.07, 6.45) is 2.99. The van der Waals surface area contributed by atoms with E-state index < -0.39 is 0 Å². The number of carbonyl (C=O) groups is 2. The second kappa shape index (κ2) is 10.5.